The van der Waals surface area contributed by atoms with Gasteiger partial charge in [-0.05, 0) is 0 Å². The van der Waals surface area contributed by atoms with Gasteiger partial charge in [0.2, 0.25) is 0 Å². The van der Waals surface area contributed by atoms with Crippen molar-refractivity contribution in [3.8, 4) is 5.75 Å². The number of benzene rings is 1. The fraction of sp³-hybridized carbons (Fsp3) is 0. The van der Waals surface area contributed by atoms with Crippen molar-refractivity contribution in [3.63, 3.8) is 0 Å². The summed E-state index contributed by atoms with van der Waals surface area (Å²) in [7, 11) is 0. The first kappa shape index (κ1) is 8.79. The topological polar surface area (TPSA) is 9.23 Å². The monoisotopic (exact) mass is 237 g/mol. The van der Waals surface area contributed by atoms with Crippen molar-refractivity contribution in [3.05, 3.63) is 29.6 Å². The molecule has 0 saturated carbocycles. The van der Waals surface area contributed by atoms with Crippen molar-refractivity contribution < 1.29 is 41.1 Å². The van der Waals surface area contributed by atoms with E-state index < -0.39 is 17.5 Å². The molecular formula is C6H2F3OZr. The summed E-state index contributed by atoms with van der Waals surface area (Å²) in [6, 6.07) is 1.26. The van der Waals surface area contributed by atoms with Crippen LogP contribution in [0.4, 0.5) is 13.2 Å². The molecule has 0 atom stereocenters. The predicted molar refractivity (Wildman–Crippen MR) is 26.9 cm³/mol. The van der Waals surface area contributed by atoms with Crippen LogP contribution in [0.2, 0.25) is 0 Å². The molecule has 0 unspecified atom stereocenters. The second-order valence-electron chi connectivity index (χ2n) is 1.80. The molecule has 1 nitrogen and oxygen atoms in total. The van der Waals surface area contributed by atoms with E-state index in [-0.39, 0.29) is 5.75 Å². The maximum absolute atomic E-state index is 12.5. The fourth-order valence-electron chi connectivity index (χ4n) is 0.607. The van der Waals surface area contributed by atoms with E-state index in [9.17, 15) is 13.2 Å². The molecule has 0 aliphatic rings. The third-order valence-corrected chi connectivity index (χ3v) is 1.61. The molecule has 57 valence electrons. The van der Waals surface area contributed by atoms with Gasteiger partial charge in [0.15, 0.2) is 0 Å². The molecule has 1 aromatic carbocycles. The predicted octanol–water partition coefficient (Wildman–Crippen LogP) is 1.94. The van der Waals surface area contributed by atoms with Crippen molar-refractivity contribution in [1.29, 1.82) is 0 Å². The van der Waals surface area contributed by atoms with Gasteiger partial charge in [0.1, 0.15) is 0 Å². The van der Waals surface area contributed by atoms with Gasteiger partial charge >= 0.3 is 76.5 Å². The second kappa shape index (κ2) is 3.39. The zero-order valence-corrected chi connectivity index (χ0v) is 7.65. The Labute approximate surface area is 76.6 Å². The summed E-state index contributed by atoms with van der Waals surface area (Å²) in [4.78, 5) is 0. The van der Waals surface area contributed by atoms with Gasteiger partial charge in [0.05, 0.1) is 0 Å². The summed E-state index contributed by atoms with van der Waals surface area (Å²) in [5, 5.41) is 0. The third kappa shape index (κ3) is 1.83. The molecule has 0 aliphatic carbocycles. The Morgan fingerprint density at radius 1 is 1.18 bits per heavy atom. The van der Waals surface area contributed by atoms with E-state index in [1.54, 1.807) is 0 Å². The molecule has 0 bridgehead atoms. The van der Waals surface area contributed by atoms with E-state index in [4.69, 9.17) is 0 Å². The number of rotatable bonds is 1. The molecule has 0 fully saturated rings. The van der Waals surface area contributed by atoms with E-state index in [0.717, 1.165) is 6.07 Å². The second-order valence-corrected chi connectivity index (χ2v) is 2.30. The molecule has 0 aromatic heterocycles. The molecule has 1 rings (SSSR count). The Morgan fingerprint density at radius 3 is 2.36 bits per heavy atom. The molecule has 0 saturated heterocycles. The van der Waals surface area contributed by atoms with E-state index in [1.807, 2.05) is 0 Å². The van der Waals surface area contributed by atoms with Crippen molar-refractivity contribution in [2.24, 2.45) is 0 Å². The molecule has 1 aromatic rings. The van der Waals surface area contributed by atoms with Gasteiger partial charge in [-0.25, -0.2) is 0 Å². The number of hydrogen-bond donors (Lipinski definition) is 0. The van der Waals surface area contributed by atoms with Crippen LogP contribution in [0.5, 0.6) is 5.75 Å². The standard InChI is InChI=1S/C6H3F3O.Zr/c7-3-1-4(8)6(9)5(10)2-3;/h1-2,10H;/q;+1/p-1. The first-order chi connectivity index (χ1) is 5.15. The Balaban J connectivity index is 3.24. The zero-order valence-electron chi connectivity index (χ0n) is 5.20. The Bertz CT molecular complexity index is 277. The average molecular weight is 238 g/mol. The van der Waals surface area contributed by atoms with Crippen LogP contribution in [0.3, 0.4) is 0 Å². The SMILES string of the molecule is Fc1cc(F)c(F)c([O][Zr])c1. The molecule has 0 heterocycles. The number of hydrogen-bond acceptors (Lipinski definition) is 1. The first-order valence-corrected chi connectivity index (χ1v) is 3.63. The van der Waals surface area contributed by atoms with Gasteiger partial charge < -0.3 is 0 Å². The van der Waals surface area contributed by atoms with Gasteiger partial charge in [0, 0.05) is 0 Å². The minimum absolute atomic E-state index is 0.388. The van der Waals surface area contributed by atoms with Gasteiger partial charge in [-0.15, -0.1) is 0 Å². The molecule has 0 N–H and O–H groups in total. The van der Waals surface area contributed by atoms with Crippen molar-refractivity contribution in [2.75, 3.05) is 0 Å². The molecular weight excluding hydrogens is 236 g/mol. The van der Waals surface area contributed by atoms with Crippen molar-refractivity contribution >= 4 is 0 Å². The van der Waals surface area contributed by atoms with Crippen LogP contribution in [0, 0.1) is 17.5 Å². The normalized spacial score (nSPS) is 9.64. The first-order valence-electron chi connectivity index (χ1n) is 2.63. The molecule has 0 aliphatic heterocycles. The average Bonchev–Trinajstić information content (AvgIpc) is 1.96. The van der Waals surface area contributed by atoms with Crippen LogP contribution in [0.15, 0.2) is 12.1 Å². The summed E-state index contributed by atoms with van der Waals surface area (Å²) in [5.74, 6) is -3.62. The summed E-state index contributed by atoms with van der Waals surface area (Å²) in [6.45, 7) is 0. The zero-order chi connectivity index (χ0) is 8.43. The van der Waals surface area contributed by atoms with Crippen LogP contribution >= 0.6 is 0 Å². The molecule has 0 spiro atoms. The molecule has 0 amide bonds. The summed E-state index contributed by atoms with van der Waals surface area (Å²) in [5.41, 5.74) is 0. The van der Waals surface area contributed by atoms with Crippen LogP contribution < -0.4 is 2.81 Å². The molecule has 5 heteroatoms. The Morgan fingerprint density at radius 2 is 1.82 bits per heavy atom. The van der Waals surface area contributed by atoms with Crippen LogP contribution in [0.1, 0.15) is 0 Å². The Kier molecular flexibility index (Phi) is 2.71. The Hall–Kier alpha value is -0.307. The van der Waals surface area contributed by atoms with E-state index in [1.165, 1.54) is 0 Å². The van der Waals surface area contributed by atoms with Crippen LogP contribution in [-0.2, 0) is 25.2 Å². The molecule has 11 heavy (non-hydrogen) atoms. The van der Waals surface area contributed by atoms with Gasteiger partial charge in [-0.1, -0.05) is 0 Å². The minimum atomic E-state index is -1.23. The van der Waals surface area contributed by atoms with Crippen molar-refractivity contribution in [2.45, 2.75) is 0 Å². The van der Waals surface area contributed by atoms with Gasteiger partial charge in [-0.3, -0.25) is 0 Å². The van der Waals surface area contributed by atoms with E-state index in [0.29, 0.717) is 31.2 Å². The van der Waals surface area contributed by atoms with E-state index in [2.05, 4.69) is 2.81 Å². The van der Waals surface area contributed by atoms with Gasteiger partial charge in [0.25, 0.3) is 0 Å². The summed E-state index contributed by atoms with van der Waals surface area (Å²) >= 11 is 0.528. The van der Waals surface area contributed by atoms with Gasteiger partial charge in [-0.2, -0.15) is 0 Å². The van der Waals surface area contributed by atoms with Crippen LogP contribution in [-0.4, -0.2) is 0 Å². The maximum atomic E-state index is 12.5. The van der Waals surface area contributed by atoms with Crippen LogP contribution in [0.25, 0.3) is 0 Å². The summed E-state index contributed by atoms with van der Waals surface area (Å²) in [6.07, 6.45) is 0. The van der Waals surface area contributed by atoms with E-state index >= 15 is 0 Å². The van der Waals surface area contributed by atoms with Crippen molar-refractivity contribution in [1.82, 2.24) is 0 Å². The number of halogens is 3. The fourth-order valence-corrected chi connectivity index (χ4v) is 0.972. The molecule has 0 radical (unpaired) electrons. The summed E-state index contributed by atoms with van der Waals surface area (Å²) < 4.78 is 41.6. The third-order valence-electron chi connectivity index (χ3n) is 1.07. The quantitative estimate of drug-likeness (QED) is 0.679.